The molecule has 15 heavy (non-hydrogen) atoms. The van der Waals surface area contributed by atoms with Crippen molar-refractivity contribution in [3.63, 3.8) is 0 Å². The Balaban J connectivity index is 0.000000245. The third-order valence-corrected chi connectivity index (χ3v) is 1.69. The van der Waals surface area contributed by atoms with Crippen LogP contribution in [0.25, 0.3) is 0 Å². The molecular weight excluding hydrogens is 259 g/mol. The van der Waals surface area contributed by atoms with Crippen molar-refractivity contribution in [2.45, 2.75) is 0 Å². The van der Waals surface area contributed by atoms with Crippen LogP contribution in [0.1, 0.15) is 11.1 Å². The number of hydrogen-bond acceptors (Lipinski definition) is 0. The zero-order chi connectivity index (χ0) is 10.2. The van der Waals surface area contributed by atoms with Gasteiger partial charge in [-0.3, -0.25) is 0 Å². The van der Waals surface area contributed by atoms with Crippen LogP contribution in [0.5, 0.6) is 0 Å². The Morgan fingerprint density at radius 1 is 0.533 bits per heavy atom. The molecule has 0 saturated carbocycles. The fourth-order valence-electron chi connectivity index (χ4n) is 0.956. The summed E-state index contributed by atoms with van der Waals surface area (Å²) in [7, 11) is 0. The first-order chi connectivity index (χ1) is 6.79. The Labute approximate surface area is 111 Å². The standard InChI is InChI=1S/2C7H7.Zr/c2*1-7-5-3-2-4-6-7;/h2*2-6H,1H2;/q2*-1;. The van der Waals surface area contributed by atoms with Crippen molar-refractivity contribution in [2.24, 2.45) is 0 Å². The van der Waals surface area contributed by atoms with Crippen molar-refractivity contribution in [1.82, 2.24) is 0 Å². The van der Waals surface area contributed by atoms with Gasteiger partial charge in [-0.05, 0) is 0 Å². The number of rotatable bonds is 0. The first kappa shape index (κ1) is 14.1. The molecule has 0 aliphatic carbocycles. The van der Waals surface area contributed by atoms with Gasteiger partial charge in [0.05, 0.1) is 0 Å². The molecule has 0 nitrogen and oxygen atoms in total. The molecule has 0 fully saturated rings. The zero-order valence-electron chi connectivity index (χ0n) is 8.69. The second kappa shape index (κ2) is 8.38. The normalized spacial score (nSPS) is 8.00. The summed E-state index contributed by atoms with van der Waals surface area (Å²) in [4.78, 5) is 0. The summed E-state index contributed by atoms with van der Waals surface area (Å²) in [5.74, 6) is 0. The number of benzene rings is 2. The molecule has 0 unspecified atom stereocenters. The predicted molar refractivity (Wildman–Crippen MR) is 61.8 cm³/mol. The molecule has 2 aromatic carbocycles. The Morgan fingerprint density at radius 3 is 0.933 bits per heavy atom. The van der Waals surface area contributed by atoms with E-state index in [0.29, 0.717) is 0 Å². The molecule has 0 bridgehead atoms. The Hall–Kier alpha value is -0.937. The quantitative estimate of drug-likeness (QED) is 0.642. The van der Waals surface area contributed by atoms with E-state index in [-0.39, 0.29) is 26.2 Å². The largest absolute Gasteiger partial charge is 0.199 e. The van der Waals surface area contributed by atoms with E-state index in [1.807, 2.05) is 60.7 Å². The molecule has 2 rings (SSSR count). The molecule has 0 atom stereocenters. The molecule has 0 aliphatic heterocycles. The molecule has 0 aromatic heterocycles. The van der Waals surface area contributed by atoms with Gasteiger partial charge >= 0.3 is 0 Å². The maximum absolute atomic E-state index is 3.72. The summed E-state index contributed by atoms with van der Waals surface area (Å²) >= 11 is 0. The van der Waals surface area contributed by atoms with Gasteiger partial charge in [-0.15, -0.1) is 24.3 Å². The van der Waals surface area contributed by atoms with Crippen molar-refractivity contribution in [1.29, 1.82) is 0 Å². The molecule has 76 valence electrons. The molecule has 0 radical (unpaired) electrons. The van der Waals surface area contributed by atoms with E-state index >= 15 is 0 Å². The number of hydrogen-bond donors (Lipinski definition) is 0. The van der Waals surface area contributed by atoms with Crippen molar-refractivity contribution < 1.29 is 26.2 Å². The van der Waals surface area contributed by atoms with Crippen molar-refractivity contribution in [3.8, 4) is 0 Å². The molecule has 0 saturated heterocycles. The van der Waals surface area contributed by atoms with Crippen LogP contribution in [0, 0.1) is 13.8 Å². The van der Waals surface area contributed by atoms with Crippen LogP contribution in [0.2, 0.25) is 0 Å². The van der Waals surface area contributed by atoms with E-state index in [1.165, 1.54) is 0 Å². The average Bonchev–Trinajstić information content (AvgIpc) is 2.21. The van der Waals surface area contributed by atoms with Crippen LogP contribution in [-0.2, 0) is 26.2 Å². The van der Waals surface area contributed by atoms with Crippen LogP contribution >= 0.6 is 0 Å². The monoisotopic (exact) mass is 272 g/mol. The Bertz CT molecular complexity index is 303. The van der Waals surface area contributed by atoms with E-state index in [1.54, 1.807) is 0 Å². The summed E-state index contributed by atoms with van der Waals surface area (Å²) in [5, 5.41) is 0. The van der Waals surface area contributed by atoms with Gasteiger partial charge in [0.1, 0.15) is 0 Å². The van der Waals surface area contributed by atoms with Gasteiger partial charge in [0.2, 0.25) is 0 Å². The van der Waals surface area contributed by atoms with Gasteiger partial charge in [-0.2, -0.15) is 49.2 Å². The van der Waals surface area contributed by atoms with Crippen molar-refractivity contribution >= 4 is 0 Å². The third-order valence-electron chi connectivity index (χ3n) is 1.69. The van der Waals surface area contributed by atoms with E-state index in [4.69, 9.17) is 0 Å². The molecule has 0 amide bonds. The fraction of sp³-hybridized carbons (Fsp3) is 0. The molecular formula is C14H14Zr-2. The molecule has 1 heteroatoms. The van der Waals surface area contributed by atoms with Gasteiger partial charge in [0.15, 0.2) is 0 Å². The zero-order valence-corrected chi connectivity index (χ0v) is 11.1. The molecule has 2 aromatic rings. The second-order valence-electron chi connectivity index (χ2n) is 2.97. The van der Waals surface area contributed by atoms with Gasteiger partial charge in [0, 0.05) is 26.2 Å². The van der Waals surface area contributed by atoms with Crippen molar-refractivity contribution in [2.75, 3.05) is 0 Å². The molecule has 0 heterocycles. The van der Waals surface area contributed by atoms with Gasteiger partial charge in [0.25, 0.3) is 0 Å². The van der Waals surface area contributed by atoms with Crippen LogP contribution in [0.15, 0.2) is 60.7 Å². The first-order valence-electron chi connectivity index (χ1n) is 4.53. The van der Waals surface area contributed by atoms with E-state index in [2.05, 4.69) is 13.8 Å². The Kier molecular flexibility index (Phi) is 7.85. The van der Waals surface area contributed by atoms with E-state index in [0.717, 1.165) is 11.1 Å². The van der Waals surface area contributed by atoms with Crippen LogP contribution in [-0.4, -0.2) is 0 Å². The van der Waals surface area contributed by atoms with Gasteiger partial charge in [-0.25, -0.2) is 0 Å². The molecule has 0 spiro atoms. The summed E-state index contributed by atoms with van der Waals surface area (Å²) in [6, 6.07) is 19.7. The maximum Gasteiger partial charge on any atom is 0 e. The molecule has 0 aliphatic rings. The Morgan fingerprint density at radius 2 is 0.800 bits per heavy atom. The summed E-state index contributed by atoms with van der Waals surface area (Å²) in [6.07, 6.45) is 0. The SMILES string of the molecule is [CH2-]c1ccccc1.[CH2-]c1ccccc1.[Zr]. The predicted octanol–water partition coefficient (Wildman–Crippen LogP) is 3.74. The van der Waals surface area contributed by atoms with Gasteiger partial charge in [-0.1, -0.05) is 12.1 Å². The minimum Gasteiger partial charge on any atom is -0.199 e. The first-order valence-corrected chi connectivity index (χ1v) is 4.53. The second-order valence-corrected chi connectivity index (χ2v) is 2.97. The minimum atomic E-state index is 0. The maximum atomic E-state index is 3.72. The van der Waals surface area contributed by atoms with E-state index < -0.39 is 0 Å². The third kappa shape index (κ3) is 7.05. The van der Waals surface area contributed by atoms with Crippen LogP contribution in [0.3, 0.4) is 0 Å². The van der Waals surface area contributed by atoms with Crippen LogP contribution in [0.4, 0.5) is 0 Å². The van der Waals surface area contributed by atoms with Crippen molar-refractivity contribution in [3.05, 3.63) is 85.6 Å². The topological polar surface area (TPSA) is 0 Å². The smallest absolute Gasteiger partial charge is 0 e. The van der Waals surface area contributed by atoms with Crippen LogP contribution < -0.4 is 0 Å². The molecule has 0 N–H and O–H groups in total. The summed E-state index contributed by atoms with van der Waals surface area (Å²) < 4.78 is 0. The summed E-state index contributed by atoms with van der Waals surface area (Å²) in [6.45, 7) is 7.44. The fourth-order valence-corrected chi connectivity index (χ4v) is 0.956. The van der Waals surface area contributed by atoms with E-state index in [9.17, 15) is 0 Å². The van der Waals surface area contributed by atoms with Gasteiger partial charge < -0.3 is 0 Å². The minimum absolute atomic E-state index is 0. The summed E-state index contributed by atoms with van der Waals surface area (Å²) in [5.41, 5.74) is 2.14. The average molecular weight is 273 g/mol.